The molecule has 0 saturated carbocycles. The van der Waals surface area contributed by atoms with Gasteiger partial charge in [0.1, 0.15) is 0 Å². The number of piperidine rings is 1. The summed E-state index contributed by atoms with van der Waals surface area (Å²) in [5, 5.41) is 3.09. The minimum Gasteiger partial charge on any atom is -0.376 e. The lowest BCUT2D eigenvalue weighted by atomic mass is 9.71. The van der Waals surface area contributed by atoms with Crippen LogP contribution in [0.1, 0.15) is 80.2 Å². The number of unbranched alkanes of at least 4 members (excludes halogenated alkanes) is 1. The van der Waals surface area contributed by atoms with Crippen LogP contribution in [0.25, 0.3) is 0 Å². The van der Waals surface area contributed by atoms with E-state index in [1.54, 1.807) is 0 Å². The van der Waals surface area contributed by atoms with Gasteiger partial charge in [-0.05, 0) is 98.6 Å². The van der Waals surface area contributed by atoms with Crippen molar-refractivity contribution in [1.82, 2.24) is 4.90 Å². The number of ether oxygens (including phenoxy) is 1. The number of fused-ring (bicyclic) bond motifs is 1. The van der Waals surface area contributed by atoms with Crippen molar-refractivity contribution in [2.45, 2.75) is 82.2 Å². The van der Waals surface area contributed by atoms with Gasteiger partial charge in [-0.1, -0.05) is 68.8 Å². The Hall–Kier alpha value is -3.37. The first kappa shape index (κ1) is 35.0. The van der Waals surface area contributed by atoms with E-state index in [0.29, 0.717) is 5.92 Å². The number of nitrogens with zero attached hydrogens (tertiary/aromatic N) is 1. The molecule has 3 aromatic carbocycles. The van der Waals surface area contributed by atoms with Gasteiger partial charge in [0.25, 0.3) is 0 Å². The summed E-state index contributed by atoms with van der Waals surface area (Å²) in [6.07, 6.45) is -4.95. The van der Waals surface area contributed by atoms with Gasteiger partial charge in [-0.15, -0.1) is 0 Å². The van der Waals surface area contributed by atoms with Crippen LogP contribution in [0.15, 0.2) is 72.8 Å². The lowest BCUT2D eigenvalue weighted by Crippen LogP contribution is -2.45. The number of halogens is 6. The maximum Gasteiger partial charge on any atom is 0.416 e. The van der Waals surface area contributed by atoms with Crippen LogP contribution in [-0.2, 0) is 39.3 Å². The quantitative estimate of drug-likeness (QED) is 0.156. The molecule has 1 atom stereocenters. The van der Waals surface area contributed by atoms with Gasteiger partial charge in [-0.2, -0.15) is 26.3 Å². The first-order valence-corrected chi connectivity index (χ1v) is 16.3. The summed E-state index contributed by atoms with van der Waals surface area (Å²) in [7, 11) is 0. The summed E-state index contributed by atoms with van der Waals surface area (Å²) < 4.78 is 86.2. The molecule has 1 unspecified atom stereocenters. The predicted molar refractivity (Wildman–Crippen MR) is 170 cm³/mol. The van der Waals surface area contributed by atoms with Gasteiger partial charge in [-0.25, -0.2) is 0 Å². The van der Waals surface area contributed by atoms with Crippen LogP contribution in [0, 0.1) is 5.92 Å². The molecule has 0 aromatic heterocycles. The number of carbonyl (C=O) groups excluding carboxylic acids is 1. The number of likely N-dealkylation sites (tertiary alicyclic amines) is 1. The highest BCUT2D eigenvalue weighted by Gasteiger charge is 2.46. The van der Waals surface area contributed by atoms with E-state index < -0.39 is 34.3 Å². The third-order valence-corrected chi connectivity index (χ3v) is 9.70. The number of hydrogen-bond acceptors (Lipinski definition) is 3. The van der Waals surface area contributed by atoms with Crippen molar-refractivity contribution in [3.8, 4) is 0 Å². The third-order valence-electron chi connectivity index (χ3n) is 9.70. The van der Waals surface area contributed by atoms with Crippen molar-refractivity contribution in [3.05, 3.63) is 101 Å². The van der Waals surface area contributed by atoms with Gasteiger partial charge < -0.3 is 15.0 Å². The molecule has 1 saturated heterocycles. The molecule has 1 fully saturated rings. The second kappa shape index (κ2) is 14.0. The minimum atomic E-state index is -4.91. The lowest BCUT2D eigenvalue weighted by Gasteiger charge is -2.42. The molecule has 2 aliphatic heterocycles. The summed E-state index contributed by atoms with van der Waals surface area (Å²) >= 11 is 0. The fourth-order valence-electron chi connectivity index (χ4n) is 7.37. The van der Waals surface area contributed by atoms with E-state index in [2.05, 4.69) is 30.1 Å². The van der Waals surface area contributed by atoms with Crippen molar-refractivity contribution in [2.24, 2.45) is 5.92 Å². The zero-order chi connectivity index (χ0) is 33.9. The van der Waals surface area contributed by atoms with E-state index >= 15 is 0 Å². The molecule has 47 heavy (non-hydrogen) atoms. The van der Waals surface area contributed by atoms with Crippen LogP contribution in [0.4, 0.5) is 32.0 Å². The number of carbonyl (C=O) groups is 1. The van der Waals surface area contributed by atoms with Gasteiger partial charge in [0.2, 0.25) is 5.91 Å². The first-order valence-electron chi connectivity index (χ1n) is 16.3. The number of rotatable bonds is 12. The Morgan fingerprint density at radius 2 is 1.47 bits per heavy atom. The van der Waals surface area contributed by atoms with Crippen LogP contribution < -0.4 is 5.32 Å². The van der Waals surface area contributed by atoms with Crippen molar-refractivity contribution < 1.29 is 35.9 Å². The van der Waals surface area contributed by atoms with Crippen LogP contribution in [0.3, 0.4) is 0 Å². The van der Waals surface area contributed by atoms with Crippen molar-refractivity contribution in [2.75, 3.05) is 31.6 Å². The SMILES string of the molecule is CC(C)CC1(CCCCN2CCC(COCc3cc(C(F)(F)F)cc(C(F)(F)F)c3)(c3ccccc3)CC2)C(=O)Nc2ccccc21. The number of anilines is 1. The number of hydrogen-bond donors (Lipinski definition) is 1. The molecule has 5 rings (SSSR count). The van der Waals surface area contributed by atoms with E-state index in [0.717, 1.165) is 87.1 Å². The van der Waals surface area contributed by atoms with Gasteiger partial charge >= 0.3 is 12.4 Å². The van der Waals surface area contributed by atoms with Crippen LogP contribution >= 0.6 is 0 Å². The highest BCUT2D eigenvalue weighted by atomic mass is 19.4. The Balaban J connectivity index is 1.20. The van der Waals surface area contributed by atoms with E-state index in [1.807, 2.05) is 48.5 Å². The number of amides is 1. The average molecular weight is 661 g/mol. The summed E-state index contributed by atoms with van der Waals surface area (Å²) in [6, 6.07) is 19.3. The minimum absolute atomic E-state index is 0.0813. The Bertz CT molecular complexity index is 1480. The Kier molecular flexibility index (Phi) is 10.4. The normalized spacial score (nSPS) is 20.0. The summed E-state index contributed by atoms with van der Waals surface area (Å²) in [5.74, 6) is 0.445. The van der Waals surface area contributed by atoms with E-state index in [-0.39, 0.29) is 30.8 Å². The van der Waals surface area contributed by atoms with E-state index in [1.165, 1.54) is 0 Å². The van der Waals surface area contributed by atoms with Crippen molar-refractivity contribution in [3.63, 3.8) is 0 Å². The highest BCUT2D eigenvalue weighted by Crippen LogP contribution is 2.46. The van der Waals surface area contributed by atoms with Crippen LogP contribution in [0.5, 0.6) is 0 Å². The molecule has 2 heterocycles. The molecule has 0 aliphatic carbocycles. The Labute approximate surface area is 272 Å². The van der Waals surface area contributed by atoms with Crippen LogP contribution in [-0.4, -0.2) is 37.0 Å². The summed E-state index contributed by atoms with van der Waals surface area (Å²) in [6.45, 7) is 6.53. The number of para-hydroxylation sites is 1. The molecule has 0 spiro atoms. The average Bonchev–Trinajstić information content (AvgIpc) is 3.29. The van der Waals surface area contributed by atoms with Gasteiger partial charge in [0.15, 0.2) is 0 Å². The molecular formula is C37H42F6N2O2. The Morgan fingerprint density at radius 3 is 2.09 bits per heavy atom. The summed E-state index contributed by atoms with van der Waals surface area (Å²) in [5.41, 5.74) is -0.754. The molecule has 10 heteroatoms. The second-order valence-electron chi connectivity index (χ2n) is 13.5. The largest absolute Gasteiger partial charge is 0.416 e. The monoisotopic (exact) mass is 660 g/mol. The van der Waals surface area contributed by atoms with Crippen molar-refractivity contribution >= 4 is 11.6 Å². The molecule has 3 aromatic rings. The zero-order valence-electron chi connectivity index (χ0n) is 26.8. The molecule has 0 bridgehead atoms. The smallest absolute Gasteiger partial charge is 0.376 e. The van der Waals surface area contributed by atoms with E-state index in [4.69, 9.17) is 4.74 Å². The topological polar surface area (TPSA) is 41.6 Å². The molecule has 0 radical (unpaired) electrons. The molecule has 254 valence electrons. The van der Waals surface area contributed by atoms with E-state index in [9.17, 15) is 31.1 Å². The Morgan fingerprint density at radius 1 is 0.851 bits per heavy atom. The molecule has 1 amide bonds. The maximum atomic E-state index is 13.4. The summed E-state index contributed by atoms with van der Waals surface area (Å²) in [4.78, 5) is 15.6. The van der Waals surface area contributed by atoms with Crippen LogP contribution in [0.2, 0.25) is 0 Å². The number of alkyl halides is 6. The van der Waals surface area contributed by atoms with Gasteiger partial charge in [0, 0.05) is 11.1 Å². The highest BCUT2D eigenvalue weighted by molar-refractivity contribution is 6.06. The number of benzene rings is 3. The standard InChI is InChI=1S/C37H42F6N2O2/c1-26(2)23-35(31-12-6-7-13-32(31)44-33(35)46)14-8-9-17-45-18-15-34(16-19-45,28-10-4-3-5-11-28)25-47-24-27-20-29(36(38,39)40)22-30(21-27)37(41,42)43/h3-7,10-13,20-22,26H,8-9,14-19,23-25H2,1-2H3,(H,44,46). The second-order valence-corrected chi connectivity index (χ2v) is 13.5. The van der Waals surface area contributed by atoms with Gasteiger partial charge in [0.05, 0.1) is 29.8 Å². The fraction of sp³-hybridized carbons (Fsp3) is 0.486. The molecule has 4 nitrogen and oxygen atoms in total. The molecule has 1 N–H and O–H groups in total. The predicted octanol–water partition coefficient (Wildman–Crippen LogP) is 9.38. The third kappa shape index (κ3) is 8.03. The van der Waals surface area contributed by atoms with Crippen molar-refractivity contribution in [1.29, 1.82) is 0 Å². The number of nitrogens with one attached hydrogen (secondary N) is 1. The maximum absolute atomic E-state index is 13.4. The zero-order valence-corrected chi connectivity index (χ0v) is 26.8. The molecular weight excluding hydrogens is 618 g/mol. The lowest BCUT2D eigenvalue weighted by molar-refractivity contribution is -0.143. The van der Waals surface area contributed by atoms with Gasteiger partial charge in [-0.3, -0.25) is 4.79 Å². The fourth-order valence-corrected chi connectivity index (χ4v) is 7.37. The molecule has 2 aliphatic rings. The first-order chi connectivity index (χ1) is 22.2.